The molecular weight excluding hydrogens is 242 g/mol. The number of carbonyl (C=O) groups excluding carboxylic acids is 1. The van der Waals surface area contributed by atoms with Crippen LogP contribution in [0, 0.1) is 6.92 Å². The van der Waals surface area contributed by atoms with Gasteiger partial charge in [-0.05, 0) is 26.0 Å². The lowest BCUT2D eigenvalue weighted by molar-refractivity contribution is -0.136. The summed E-state index contributed by atoms with van der Waals surface area (Å²) in [5.74, 6) is 1.86. The molecule has 5 heteroatoms. The van der Waals surface area contributed by atoms with Crippen LogP contribution in [0.25, 0.3) is 0 Å². The summed E-state index contributed by atoms with van der Waals surface area (Å²) in [7, 11) is 1.83. The van der Waals surface area contributed by atoms with E-state index in [9.17, 15) is 4.79 Å². The highest BCUT2D eigenvalue weighted by Gasteiger charge is 2.25. The van der Waals surface area contributed by atoms with Gasteiger partial charge in [-0.1, -0.05) is 0 Å². The molecule has 106 valence electrons. The van der Waals surface area contributed by atoms with E-state index in [1.165, 1.54) is 0 Å². The minimum Gasteiger partial charge on any atom is -0.464 e. The van der Waals surface area contributed by atoms with Crippen LogP contribution in [-0.2, 0) is 11.3 Å². The zero-order valence-corrected chi connectivity index (χ0v) is 12.0. The maximum atomic E-state index is 12.4. The summed E-state index contributed by atoms with van der Waals surface area (Å²) in [6.07, 6.45) is 0. The van der Waals surface area contributed by atoms with Crippen molar-refractivity contribution >= 4 is 5.91 Å². The fourth-order valence-electron chi connectivity index (χ4n) is 2.43. The maximum absolute atomic E-state index is 12.4. The second-order valence-corrected chi connectivity index (χ2v) is 5.17. The van der Waals surface area contributed by atoms with Crippen LogP contribution in [0.5, 0.6) is 0 Å². The molecule has 1 aromatic heterocycles. The Morgan fingerprint density at radius 2 is 2.16 bits per heavy atom. The molecule has 1 fully saturated rings. The number of aryl methyl sites for hydroxylation is 1. The van der Waals surface area contributed by atoms with Crippen LogP contribution in [-0.4, -0.2) is 55.0 Å². The average molecular weight is 265 g/mol. The fourth-order valence-corrected chi connectivity index (χ4v) is 2.43. The molecule has 1 N–H and O–H groups in total. The van der Waals surface area contributed by atoms with Gasteiger partial charge in [-0.3, -0.25) is 9.69 Å². The van der Waals surface area contributed by atoms with E-state index in [4.69, 9.17) is 4.42 Å². The normalized spacial score (nSPS) is 18.3. The second-order valence-electron chi connectivity index (χ2n) is 5.17. The molecule has 0 bridgehead atoms. The van der Waals surface area contributed by atoms with Crippen LogP contribution >= 0.6 is 0 Å². The quantitative estimate of drug-likeness (QED) is 0.876. The lowest BCUT2D eigenvalue weighted by Crippen LogP contribution is -2.52. The van der Waals surface area contributed by atoms with Gasteiger partial charge in [0.05, 0.1) is 12.6 Å². The molecule has 0 radical (unpaired) electrons. The zero-order chi connectivity index (χ0) is 13.8. The van der Waals surface area contributed by atoms with E-state index in [1.807, 2.05) is 33.0 Å². The first kappa shape index (κ1) is 14.1. The van der Waals surface area contributed by atoms with Crippen LogP contribution in [0.4, 0.5) is 0 Å². The Balaban J connectivity index is 1.90. The summed E-state index contributed by atoms with van der Waals surface area (Å²) >= 11 is 0. The summed E-state index contributed by atoms with van der Waals surface area (Å²) in [5.41, 5.74) is 0. The Bertz CT molecular complexity index is 424. The standard InChI is InChI=1S/C14H23N3O2/c1-11-4-5-13(19-11)10-16(3)14(18)12(2)17-8-6-15-7-9-17/h4-5,12,15H,6-10H2,1-3H3. The van der Waals surface area contributed by atoms with Gasteiger partial charge in [-0.15, -0.1) is 0 Å². The Hall–Kier alpha value is -1.33. The molecule has 2 rings (SSSR count). The predicted molar refractivity (Wildman–Crippen MR) is 73.8 cm³/mol. The van der Waals surface area contributed by atoms with Crippen LogP contribution in [0.15, 0.2) is 16.5 Å². The molecule has 1 amide bonds. The van der Waals surface area contributed by atoms with Gasteiger partial charge in [-0.2, -0.15) is 0 Å². The molecule has 1 saturated heterocycles. The fraction of sp³-hybridized carbons (Fsp3) is 0.643. The van der Waals surface area contributed by atoms with E-state index in [0.717, 1.165) is 37.7 Å². The van der Waals surface area contributed by atoms with Gasteiger partial charge < -0.3 is 14.6 Å². The van der Waals surface area contributed by atoms with E-state index in [-0.39, 0.29) is 11.9 Å². The summed E-state index contributed by atoms with van der Waals surface area (Å²) in [6.45, 7) is 8.20. The van der Waals surface area contributed by atoms with Crippen molar-refractivity contribution in [1.82, 2.24) is 15.1 Å². The van der Waals surface area contributed by atoms with Gasteiger partial charge in [0.1, 0.15) is 11.5 Å². The van der Waals surface area contributed by atoms with Crippen LogP contribution in [0.1, 0.15) is 18.4 Å². The van der Waals surface area contributed by atoms with Crippen LogP contribution in [0.2, 0.25) is 0 Å². The number of amides is 1. The van der Waals surface area contributed by atoms with Gasteiger partial charge in [0, 0.05) is 33.2 Å². The molecule has 0 aliphatic carbocycles. The van der Waals surface area contributed by atoms with Crippen molar-refractivity contribution < 1.29 is 9.21 Å². The van der Waals surface area contributed by atoms with Gasteiger partial charge >= 0.3 is 0 Å². The summed E-state index contributed by atoms with van der Waals surface area (Å²) in [4.78, 5) is 16.3. The number of likely N-dealkylation sites (N-methyl/N-ethyl adjacent to an activating group) is 1. The second kappa shape index (κ2) is 6.21. The Labute approximate surface area is 114 Å². The minimum absolute atomic E-state index is 0.0665. The molecule has 5 nitrogen and oxygen atoms in total. The topological polar surface area (TPSA) is 48.7 Å². The van der Waals surface area contributed by atoms with E-state index in [2.05, 4.69) is 10.2 Å². The Morgan fingerprint density at radius 3 is 2.74 bits per heavy atom. The zero-order valence-electron chi connectivity index (χ0n) is 12.0. The number of hydrogen-bond acceptors (Lipinski definition) is 4. The van der Waals surface area contributed by atoms with Crippen molar-refractivity contribution in [3.05, 3.63) is 23.7 Å². The Morgan fingerprint density at radius 1 is 1.47 bits per heavy atom. The molecular formula is C14H23N3O2. The number of rotatable bonds is 4. The first-order chi connectivity index (χ1) is 9.08. The minimum atomic E-state index is -0.0665. The predicted octanol–water partition coefficient (Wildman–Crippen LogP) is 0.840. The summed E-state index contributed by atoms with van der Waals surface area (Å²) in [6, 6.07) is 3.78. The van der Waals surface area contributed by atoms with Crippen molar-refractivity contribution in [2.45, 2.75) is 26.4 Å². The number of furan rings is 1. The van der Waals surface area contributed by atoms with Gasteiger partial charge in [0.2, 0.25) is 5.91 Å². The number of carbonyl (C=O) groups is 1. The van der Waals surface area contributed by atoms with E-state index >= 15 is 0 Å². The van der Waals surface area contributed by atoms with E-state index < -0.39 is 0 Å². The highest BCUT2D eigenvalue weighted by molar-refractivity contribution is 5.81. The third-order valence-corrected chi connectivity index (χ3v) is 3.62. The number of piperazine rings is 1. The molecule has 1 aliphatic heterocycles. The molecule has 2 heterocycles. The molecule has 1 aromatic rings. The number of hydrogen-bond donors (Lipinski definition) is 1. The monoisotopic (exact) mass is 265 g/mol. The lowest BCUT2D eigenvalue weighted by atomic mass is 10.2. The molecule has 1 unspecified atom stereocenters. The van der Waals surface area contributed by atoms with Crippen molar-refractivity contribution in [2.75, 3.05) is 33.2 Å². The lowest BCUT2D eigenvalue weighted by Gasteiger charge is -2.33. The molecule has 1 atom stereocenters. The van der Waals surface area contributed by atoms with Crippen molar-refractivity contribution in [3.8, 4) is 0 Å². The highest BCUT2D eigenvalue weighted by atomic mass is 16.3. The highest BCUT2D eigenvalue weighted by Crippen LogP contribution is 2.11. The molecule has 0 spiro atoms. The average Bonchev–Trinajstić information content (AvgIpc) is 2.83. The third-order valence-electron chi connectivity index (χ3n) is 3.62. The molecule has 19 heavy (non-hydrogen) atoms. The molecule has 1 aliphatic rings. The van der Waals surface area contributed by atoms with Crippen LogP contribution in [0.3, 0.4) is 0 Å². The first-order valence-corrected chi connectivity index (χ1v) is 6.83. The summed E-state index contributed by atoms with van der Waals surface area (Å²) < 4.78 is 5.51. The number of nitrogens with one attached hydrogen (secondary N) is 1. The van der Waals surface area contributed by atoms with E-state index in [1.54, 1.807) is 4.90 Å². The maximum Gasteiger partial charge on any atom is 0.239 e. The SMILES string of the molecule is Cc1ccc(CN(C)C(=O)C(C)N2CCNCC2)o1. The van der Waals surface area contributed by atoms with Crippen molar-refractivity contribution in [1.29, 1.82) is 0 Å². The third kappa shape index (κ3) is 3.58. The molecule has 0 aromatic carbocycles. The van der Waals surface area contributed by atoms with Gasteiger partial charge in [0.15, 0.2) is 0 Å². The van der Waals surface area contributed by atoms with Crippen molar-refractivity contribution in [3.63, 3.8) is 0 Å². The van der Waals surface area contributed by atoms with E-state index in [0.29, 0.717) is 6.54 Å². The smallest absolute Gasteiger partial charge is 0.239 e. The Kier molecular flexibility index (Phi) is 4.61. The summed E-state index contributed by atoms with van der Waals surface area (Å²) in [5, 5.41) is 3.30. The first-order valence-electron chi connectivity index (χ1n) is 6.83. The van der Waals surface area contributed by atoms with Crippen LogP contribution < -0.4 is 5.32 Å². The van der Waals surface area contributed by atoms with Crippen molar-refractivity contribution in [2.24, 2.45) is 0 Å². The number of nitrogens with zero attached hydrogens (tertiary/aromatic N) is 2. The van der Waals surface area contributed by atoms with Gasteiger partial charge in [-0.25, -0.2) is 0 Å². The van der Waals surface area contributed by atoms with Gasteiger partial charge in [0.25, 0.3) is 0 Å². The largest absolute Gasteiger partial charge is 0.464 e. The molecule has 0 saturated carbocycles.